The summed E-state index contributed by atoms with van der Waals surface area (Å²) in [7, 11) is 3.31. The quantitative estimate of drug-likeness (QED) is 0.171. The van der Waals surface area contributed by atoms with Crippen LogP contribution in [0.1, 0.15) is 34.8 Å². The van der Waals surface area contributed by atoms with Crippen LogP contribution in [0.3, 0.4) is 0 Å². The van der Waals surface area contributed by atoms with E-state index in [4.69, 9.17) is 18.9 Å². The van der Waals surface area contributed by atoms with Gasteiger partial charge in [-0.1, -0.05) is 66.7 Å². The molecule has 0 aliphatic carbocycles. The highest BCUT2D eigenvalue weighted by Crippen LogP contribution is 2.43. The van der Waals surface area contributed by atoms with Gasteiger partial charge in [0.25, 0.3) is 0 Å². The van der Waals surface area contributed by atoms with Crippen molar-refractivity contribution in [3.63, 3.8) is 0 Å². The summed E-state index contributed by atoms with van der Waals surface area (Å²) < 4.78 is 25.3. The lowest BCUT2D eigenvalue weighted by Gasteiger charge is -2.37. The van der Waals surface area contributed by atoms with E-state index < -0.39 is 17.8 Å². The number of aliphatic hydroxyl groups excluding tert-OH is 1. The molecule has 1 aliphatic heterocycles. The molecular formula is C32H31IO5. The molecule has 0 amide bonds. The van der Waals surface area contributed by atoms with Crippen molar-refractivity contribution in [1.82, 2.24) is 0 Å². The van der Waals surface area contributed by atoms with Crippen molar-refractivity contribution in [3.8, 4) is 11.5 Å². The van der Waals surface area contributed by atoms with Gasteiger partial charge in [-0.25, -0.2) is 0 Å². The maximum atomic E-state index is 11.0. The smallest absolute Gasteiger partial charge is 0.143 e. The maximum absolute atomic E-state index is 11.0. The molecule has 0 aromatic heterocycles. The molecule has 1 fully saturated rings. The Kier molecular flexibility index (Phi) is 8.33. The Labute approximate surface area is 237 Å². The zero-order valence-corrected chi connectivity index (χ0v) is 23.6. The van der Waals surface area contributed by atoms with E-state index in [0.29, 0.717) is 6.42 Å². The first-order chi connectivity index (χ1) is 18.5. The normalized spacial score (nSPS) is 19.3. The summed E-state index contributed by atoms with van der Waals surface area (Å²) in [6.07, 6.45) is -0.769. The van der Waals surface area contributed by atoms with E-state index >= 15 is 0 Å². The number of rotatable bonds is 9. The molecule has 4 aromatic rings. The number of benzene rings is 4. The Bertz CT molecular complexity index is 1280. The van der Waals surface area contributed by atoms with Crippen LogP contribution in [0, 0.1) is 3.57 Å². The molecular weight excluding hydrogens is 591 g/mol. The minimum absolute atomic E-state index is 0.179. The molecule has 1 aliphatic rings. The first-order valence-electron chi connectivity index (χ1n) is 12.6. The van der Waals surface area contributed by atoms with Crippen molar-refractivity contribution in [3.05, 3.63) is 129 Å². The minimum Gasteiger partial charge on any atom is -0.497 e. The van der Waals surface area contributed by atoms with Crippen LogP contribution in [0.25, 0.3) is 0 Å². The summed E-state index contributed by atoms with van der Waals surface area (Å²) in [5, 5.41) is 11.0. The molecule has 5 nitrogen and oxygen atoms in total. The zero-order chi connectivity index (χ0) is 26.5. The highest BCUT2D eigenvalue weighted by Gasteiger charge is 2.41. The van der Waals surface area contributed by atoms with Crippen LogP contribution in [-0.2, 0) is 15.1 Å². The van der Waals surface area contributed by atoms with Crippen molar-refractivity contribution >= 4 is 22.6 Å². The fraction of sp³-hybridized carbons (Fsp3) is 0.250. The van der Waals surface area contributed by atoms with Gasteiger partial charge in [0.15, 0.2) is 0 Å². The molecule has 1 saturated heterocycles. The van der Waals surface area contributed by atoms with Gasteiger partial charge in [0.05, 0.1) is 33.0 Å². The zero-order valence-electron chi connectivity index (χ0n) is 21.4. The van der Waals surface area contributed by atoms with E-state index in [1.54, 1.807) is 14.2 Å². The molecule has 38 heavy (non-hydrogen) atoms. The average Bonchev–Trinajstić information content (AvgIpc) is 3.35. The average molecular weight is 622 g/mol. The second kappa shape index (κ2) is 11.9. The van der Waals surface area contributed by atoms with Crippen molar-refractivity contribution in [2.45, 2.75) is 30.3 Å². The second-order valence-corrected chi connectivity index (χ2v) is 10.6. The number of hydrogen-bond donors (Lipinski definition) is 1. The molecule has 1 N–H and O–H groups in total. The molecule has 0 saturated carbocycles. The van der Waals surface area contributed by atoms with E-state index in [0.717, 1.165) is 37.3 Å². The van der Waals surface area contributed by atoms with Crippen LogP contribution >= 0.6 is 22.6 Å². The van der Waals surface area contributed by atoms with E-state index in [1.807, 2.05) is 84.9 Å². The second-order valence-electron chi connectivity index (χ2n) is 9.34. The first kappa shape index (κ1) is 26.7. The lowest BCUT2D eigenvalue weighted by molar-refractivity contribution is -0.0828. The number of ether oxygens (including phenoxy) is 4. The maximum Gasteiger partial charge on any atom is 0.143 e. The fourth-order valence-electron chi connectivity index (χ4n) is 5.08. The van der Waals surface area contributed by atoms with E-state index in [2.05, 4.69) is 40.8 Å². The molecule has 1 heterocycles. The Hall–Kier alpha value is -2.91. The largest absolute Gasteiger partial charge is 0.497 e. The topological polar surface area (TPSA) is 57.2 Å². The first-order valence-corrected chi connectivity index (χ1v) is 13.7. The summed E-state index contributed by atoms with van der Waals surface area (Å²) in [4.78, 5) is 0. The molecule has 5 rings (SSSR count). The molecule has 0 radical (unpaired) electrons. The highest BCUT2D eigenvalue weighted by atomic mass is 127. The third-order valence-corrected chi connectivity index (χ3v) is 7.75. The summed E-state index contributed by atoms with van der Waals surface area (Å²) in [6.45, 7) is 0.203. The standard InChI is InChI=1S/C32H31IO5/c1-35-27-15-11-24(12-16-27)32(23-8-4-3-5-9-23,25-13-17-28(36-2)18-14-25)37-21-31-29(34)20-30(38-31)22-7-6-10-26(33)19-22/h3-19,29-31,34H,20-21H2,1-2H3/t29-,30+,31+/m0/s1. The number of aliphatic hydroxyl groups is 1. The summed E-state index contributed by atoms with van der Waals surface area (Å²) in [5.41, 5.74) is 2.96. The third kappa shape index (κ3) is 5.45. The molecule has 3 atom stereocenters. The van der Waals surface area contributed by atoms with E-state index in [1.165, 1.54) is 0 Å². The Morgan fingerprint density at radius 3 is 1.92 bits per heavy atom. The summed E-state index contributed by atoms with van der Waals surface area (Å²) >= 11 is 2.30. The van der Waals surface area contributed by atoms with Gasteiger partial charge in [0.1, 0.15) is 23.2 Å². The van der Waals surface area contributed by atoms with Gasteiger partial charge in [0, 0.05) is 9.99 Å². The Balaban J connectivity index is 1.53. The lowest BCUT2D eigenvalue weighted by Crippen LogP contribution is -2.38. The van der Waals surface area contributed by atoms with Crippen molar-refractivity contribution in [1.29, 1.82) is 0 Å². The van der Waals surface area contributed by atoms with Crippen LogP contribution in [0.4, 0.5) is 0 Å². The monoisotopic (exact) mass is 622 g/mol. The summed E-state index contributed by atoms with van der Waals surface area (Å²) in [5.74, 6) is 1.53. The molecule has 4 aromatic carbocycles. The van der Waals surface area contributed by atoms with Gasteiger partial charge >= 0.3 is 0 Å². The van der Waals surface area contributed by atoms with Gasteiger partial charge in [-0.05, 0) is 81.2 Å². The Morgan fingerprint density at radius 2 is 1.37 bits per heavy atom. The van der Waals surface area contributed by atoms with Crippen LogP contribution < -0.4 is 9.47 Å². The predicted molar refractivity (Wildman–Crippen MR) is 156 cm³/mol. The fourth-order valence-corrected chi connectivity index (χ4v) is 5.65. The molecule has 6 heteroatoms. The van der Waals surface area contributed by atoms with Crippen molar-refractivity contribution in [2.24, 2.45) is 0 Å². The van der Waals surface area contributed by atoms with Gasteiger partial charge in [-0.2, -0.15) is 0 Å². The number of halogens is 1. The number of hydrogen-bond acceptors (Lipinski definition) is 5. The van der Waals surface area contributed by atoms with Crippen molar-refractivity contribution in [2.75, 3.05) is 20.8 Å². The van der Waals surface area contributed by atoms with Crippen LogP contribution in [0.5, 0.6) is 11.5 Å². The van der Waals surface area contributed by atoms with Crippen LogP contribution in [0.2, 0.25) is 0 Å². The van der Waals surface area contributed by atoms with E-state index in [-0.39, 0.29) is 12.7 Å². The summed E-state index contributed by atoms with van der Waals surface area (Å²) in [6, 6.07) is 34.2. The molecule has 0 spiro atoms. The van der Waals surface area contributed by atoms with E-state index in [9.17, 15) is 5.11 Å². The van der Waals surface area contributed by atoms with Gasteiger partial charge in [0.2, 0.25) is 0 Å². The number of methoxy groups -OCH3 is 2. The van der Waals surface area contributed by atoms with Gasteiger partial charge in [-0.3, -0.25) is 0 Å². The predicted octanol–water partition coefficient (Wildman–Crippen LogP) is 6.51. The Morgan fingerprint density at radius 1 is 0.789 bits per heavy atom. The van der Waals surface area contributed by atoms with Crippen molar-refractivity contribution < 1.29 is 24.1 Å². The molecule has 196 valence electrons. The van der Waals surface area contributed by atoms with Gasteiger partial charge < -0.3 is 24.1 Å². The highest BCUT2D eigenvalue weighted by molar-refractivity contribution is 14.1. The van der Waals surface area contributed by atoms with Gasteiger partial charge in [-0.15, -0.1) is 0 Å². The van der Waals surface area contributed by atoms with Crippen LogP contribution in [0.15, 0.2) is 103 Å². The molecule has 0 unspecified atom stereocenters. The molecule has 0 bridgehead atoms. The minimum atomic E-state index is -0.955. The third-order valence-electron chi connectivity index (χ3n) is 7.08. The lowest BCUT2D eigenvalue weighted by atomic mass is 9.80. The van der Waals surface area contributed by atoms with Crippen LogP contribution in [-0.4, -0.2) is 38.1 Å². The SMILES string of the molecule is COc1ccc(C(OC[C@H]2O[C@@H](c3cccc(I)c3)C[C@@H]2O)(c2ccccc2)c2ccc(OC)cc2)cc1.